The fourth-order valence-electron chi connectivity index (χ4n) is 4.09. The Balaban J connectivity index is 2.11. The molecule has 0 atom stereocenters. The van der Waals surface area contributed by atoms with E-state index in [1.54, 1.807) is 25.0 Å². The molecule has 32 heavy (non-hydrogen) atoms. The molecule has 1 amide bonds. The maximum atomic E-state index is 13.2. The lowest BCUT2D eigenvalue weighted by molar-refractivity contribution is -0.136. The summed E-state index contributed by atoms with van der Waals surface area (Å²) in [5.41, 5.74) is 4.91. The Labute approximate surface area is 194 Å². The molecule has 0 aliphatic carbocycles. The van der Waals surface area contributed by atoms with Crippen molar-refractivity contribution in [3.05, 3.63) is 63.1 Å². The van der Waals surface area contributed by atoms with E-state index < -0.39 is 5.97 Å². The number of esters is 1. The number of halogens is 1. The third-order valence-electron chi connectivity index (χ3n) is 5.61. The molecule has 1 aliphatic heterocycles. The molecule has 1 aromatic carbocycles. The van der Waals surface area contributed by atoms with Crippen molar-refractivity contribution < 1.29 is 19.1 Å². The molecular formula is C25H29ClN2O4. The third-order valence-corrected chi connectivity index (χ3v) is 5.91. The van der Waals surface area contributed by atoms with E-state index in [2.05, 4.69) is 4.57 Å². The van der Waals surface area contributed by atoms with E-state index in [1.807, 2.05) is 52.0 Å². The van der Waals surface area contributed by atoms with Crippen LogP contribution in [0.4, 0.5) is 0 Å². The van der Waals surface area contributed by atoms with Gasteiger partial charge in [-0.25, -0.2) is 4.79 Å². The van der Waals surface area contributed by atoms with Gasteiger partial charge in [0.15, 0.2) is 0 Å². The molecule has 2 heterocycles. The quantitative estimate of drug-likeness (QED) is 0.449. The third kappa shape index (κ3) is 4.19. The second-order valence-electron chi connectivity index (χ2n) is 8.30. The van der Waals surface area contributed by atoms with Gasteiger partial charge in [-0.15, -0.1) is 0 Å². The minimum atomic E-state index is -0.510. The highest BCUT2D eigenvalue weighted by molar-refractivity contribution is 6.32. The van der Waals surface area contributed by atoms with Gasteiger partial charge in [-0.1, -0.05) is 25.4 Å². The Morgan fingerprint density at radius 1 is 1.16 bits per heavy atom. The number of nitrogens with zero attached hydrogens (tertiary/aromatic N) is 2. The summed E-state index contributed by atoms with van der Waals surface area (Å²) in [4.78, 5) is 27.4. The average molecular weight is 457 g/mol. The molecule has 6 nitrogen and oxygen atoms in total. The van der Waals surface area contributed by atoms with Crippen LogP contribution in [0.1, 0.15) is 37.7 Å². The topological polar surface area (TPSA) is 60.8 Å². The number of methoxy groups -OCH3 is 2. The highest BCUT2D eigenvalue weighted by atomic mass is 35.5. The van der Waals surface area contributed by atoms with Crippen molar-refractivity contribution in [3.63, 3.8) is 0 Å². The SMILES string of the molecule is COC(=O)C1=C(C)N(CC(C)C)C(=O)/C1=C\c1cc(C)n(-c2ccc(OC)c(Cl)c2)c1C. The summed E-state index contributed by atoms with van der Waals surface area (Å²) in [6, 6.07) is 7.58. The van der Waals surface area contributed by atoms with Crippen molar-refractivity contribution in [1.29, 1.82) is 0 Å². The lowest BCUT2D eigenvalue weighted by atomic mass is 10.0. The normalized spacial score (nSPS) is 15.3. The number of benzene rings is 1. The molecular weight excluding hydrogens is 428 g/mol. The van der Waals surface area contributed by atoms with E-state index in [1.165, 1.54) is 7.11 Å². The summed E-state index contributed by atoms with van der Waals surface area (Å²) < 4.78 is 12.3. The Morgan fingerprint density at radius 3 is 2.41 bits per heavy atom. The van der Waals surface area contributed by atoms with Gasteiger partial charge in [-0.3, -0.25) is 4.79 Å². The molecule has 0 N–H and O–H groups in total. The van der Waals surface area contributed by atoms with Crippen molar-refractivity contribution in [2.75, 3.05) is 20.8 Å². The number of carbonyl (C=O) groups is 2. The predicted octanol–water partition coefficient (Wildman–Crippen LogP) is 5.08. The van der Waals surface area contributed by atoms with Crippen LogP contribution in [0.15, 0.2) is 41.1 Å². The van der Waals surface area contributed by atoms with Crippen LogP contribution in [0.5, 0.6) is 5.75 Å². The zero-order chi connectivity index (χ0) is 23.7. The summed E-state index contributed by atoms with van der Waals surface area (Å²) >= 11 is 6.33. The molecule has 0 saturated carbocycles. The maximum Gasteiger partial charge on any atom is 0.340 e. The lowest BCUT2D eigenvalue weighted by Gasteiger charge is -2.19. The van der Waals surface area contributed by atoms with Crippen molar-refractivity contribution in [1.82, 2.24) is 9.47 Å². The minimum Gasteiger partial charge on any atom is -0.495 e. The van der Waals surface area contributed by atoms with E-state index in [9.17, 15) is 9.59 Å². The second-order valence-corrected chi connectivity index (χ2v) is 8.71. The first-order chi connectivity index (χ1) is 15.1. The van der Waals surface area contributed by atoms with E-state index in [0.717, 1.165) is 22.6 Å². The standard InChI is InChI=1S/C25H29ClN2O4/c1-14(2)13-27-17(5)23(25(30)32-7)20(24(27)29)11-18-10-15(3)28(16(18)4)19-8-9-22(31-6)21(26)12-19/h8-12,14H,13H2,1-7H3/b20-11-. The predicted molar refractivity (Wildman–Crippen MR) is 126 cm³/mol. The van der Waals surface area contributed by atoms with Crippen molar-refractivity contribution >= 4 is 29.6 Å². The molecule has 0 saturated heterocycles. The first-order valence-corrected chi connectivity index (χ1v) is 10.8. The number of carbonyl (C=O) groups excluding carboxylic acids is 2. The van der Waals surface area contributed by atoms with Crippen molar-refractivity contribution in [3.8, 4) is 11.4 Å². The Morgan fingerprint density at radius 2 is 1.84 bits per heavy atom. The van der Waals surface area contributed by atoms with Gasteiger partial charge >= 0.3 is 5.97 Å². The Hall–Kier alpha value is -2.99. The fraction of sp³-hybridized carbons (Fsp3) is 0.360. The smallest absolute Gasteiger partial charge is 0.340 e. The molecule has 0 unspecified atom stereocenters. The minimum absolute atomic E-state index is 0.186. The number of amides is 1. The summed E-state index contributed by atoms with van der Waals surface area (Å²) in [5.74, 6) is 0.167. The van der Waals surface area contributed by atoms with Gasteiger partial charge in [0, 0.05) is 29.3 Å². The number of aryl methyl sites for hydroxylation is 1. The van der Waals surface area contributed by atoms with Crippen LogP contribution in [0.25, 0.3) is 11.8 Å². The zero-order valence-corrected chi connectivity index (χ0v) is 20.3. The summed E-state index contributed by atoms with van der Waals surface area (Å²) in [6.45, 7) is 10.3. The number of aromatic nitrogens is 1. The van der Waals surface area contributed by atoms with Crippen LogP contribution in [-0.4, -0.2) is 42.1 Å². The van der Waals surface area contributed by atoms with Crippen LogP contribution in [0.3, 0.4) is 0 Å². The first kappa shape index (κ1) is 23.7. The van der Waals surface area contributed by atoms with E-state index in [-0.39, 0.29) is 11.8 Å². The van der Waals surface area contributed by atoms with E-state index in [4.69, 9.17) is 21.1 Å². The van der Waals surface area contributed by atoms with Gasteiger partial charge < -0.3 is 18.9 Å². The Bertz CT molecular complexity index is 1140. The van der Waals surface area contributed by atoms with E-state index >= 15 is 0 Å². The molecule has 0 bridgehead atoms. The molecule has 3 rings (SSSR count). The molecule has 2 aromatic rings. The van der Waals surface area contributed by atoms with Crippen LogP contribution in [-0.2, 0) is 14.3 Å². The van der Waals surface area contributed by atoms with Crippen LogP contribution in [0.2, 0.25) is 5.02 Å². The Kier molecular flexibility index (Phi) is 6.84. The number of hydrogen-bond acceptors (Lipinski definition) is 4. The molecule has 0 spiro atoms. The summed E-state index contributed by atoms with van der Waals surface area (Å²) in [6.07, 6.45) is 1.78. The molecule has 0 radical (unpaired) electrons. The van der Waals surface area contributed by atoms with Gasteiger partial charge in [0.2, 0.25) is 0 Å². The van der Waals surface area contributed by atoms with Crippen molar-refractivity contribution in [2.24, 2.45) is 5.92 Å². The first-order valence-electron chi connectivity index (χ1n) is 10.5. The lowest BCUT2D eigenvalue weighted by Crippen LogP contribution is -2.28. The number of hydrogen-bond donors (Lipinski definition) is 0. The largest absolute Gasteiger partial charge is 0.495 e. The summed E-state index contributed by atoms with van der Waals surface area (Å²) in [5, 5.41) is 0.513. The van der Waals surface area contributed by atoms with Gasteiger partial charge in [0.1, 0.15) is 5.75 Å². The van der Waals surface area contributed by atoms with Gasteiger partial charge in [-0.2, -0.15) is 0 Å². The second kappa shape index (κ2) is 9.25. The van der Waals surface area contributed by atoms with Gasteiger partial charge in [0.25, 0.3) is 5.91 Å². The molecule has 0 fully saturated rings. The monoisotopic (exact) mass is 456 g/mol. The number of ether oxygens (including phenoxy) is 2. The van der Waals surface area contributed by atoms with Gasteiger partial charge in [0.05, 0.1) is 30.4 Å². The average Bonchev–Trinajstić information content (AvgIpc) is 3.14. The van der Waals surface area contributed by atoms with Crippen molar-refractivity contribution in [2.45, 2.75) is 34.6 Å². The molecule has 170 valence electrons. The molecule has 7 heteroatoms. The highest BCUT2D eigenvalue weighted by Crippen LogP contribution is 2.34. The molecule has 1 aliphatic rings. The summed E-state index contributed by atoms with van der Waals surface area (Å²) in [7, 11) is 2.90. The maximum absolute atomic E-state index is 13.2. The highest BCUT2D eigenvalue weighted by Gasteiger charge is 2.37. The van der Waals surface area contributed by atoms with Crippen LogP contribution >= 0.6 is 11.6 Å². The zero-order valence-electron chi connectivity index (χ0n) is 19.6. The van der Waals surface area contributed by atoms with Crippen LogP contribution < -0.4 is 4.74 Å². The number of allylic oxidation sites excluding steroid dienone is 1. The molecule has 1 aromatic heterocycles. The fourth-order valence-corrected chi connectivity index (χ4v) is 4.35. The van der Waals surface area contributed by atoms with E-state index in [0.29, 0.717) is 34.2 Å². The number of rotatable bonds is 6. The van der Waals surface area contributed by atoms with Crippen LogP contribution in [0, 0.1) is 19.8 Å². The van der Waals surface area contributed by atoms with Gasteiger partial charge in [-0.05, 0) is 62.6 Å².